The number of carbonyl (C=O) groups is 1. The van der Waals surface area contributed by atoms with E-state index in [0.29, 0.717) is 22.2 Å². The molecule has 1 fully saturated rings. The smallest absolute Gasteiger partial charge is 0.313 e. The molecule has 0 saturated carbocycles. The first kappa shape index (κ1) is 13.7. The van der Waals surface area contributed by atoms with Crippen LogP contribution in [-0.4, -0.2) is 23.8 Å². The van der Waals surface area contributed by atoms with Gasteiger partial charge in [-0.05, 0) is 37.0 Å². The van der Waals surface area contributed by atoms with Crippen molar-refractivity contribution in [1.82, 2.24) is 0 Å². The summed E-state index contributed by atoms with van der Waals surface area (Å²) in [5.41, 5.74) is 0.642. The van der Waals surface area contributed by atoms with E-state index in [9.17, 15) is 9.90 Å². The molecule has 18 heavy (non-hydrogen) atoms. The van der Waals surface area contributed by atoms with E-state index in [1.807, 2.05) is 0 Å². The predicted molar refractivity (Wildman–Crippen MR) is 70.4 cm³/mol. The molecular formula is C13H14Cl2O3. The van der Waals surface area contributed by atoms with Gasteiger partial charge in [-0.1, -0.05) is 29.3 Å². The van der Waals surface area contributed by atoms with Crippen molar-refractivity contribution in [3.63, 3.8) is 0 Å². The molecule has 0 amide bonds. The molecule has 98 valence electrons. The Kier molecular flexibility index (Phi) is 4.49. The first-order valence-corrected chi connectivity index (χ1v) is 6.64. The third-order valence-electron chi connectivity index (χ3n) is 3.16. The molecule has 1 aromatic carbocycles. The Morgan fingerprint density at radius 2 is 2.11 bits per heavy atom. The van der Waals surface area contributed by atoms with Gasteiger partial charge in [0.1, 0.15) is 5.92 Å². The van der Waals surface area contributed by atoms with Crippen LogP contribution < -0.4 is 0 Å². The quantitative estimate of drug-likeness (QED) is 0.922. The number of carboxylic acids is 1. The van der Waals surface area contributed by atoms with Gasteiger partial charge in [0, 0.05) is 6.61 Å². The topological polar surface area (TPSA) is 46.5 Å². The van der Waals surface area contributed by atoms with E-state index in [1.54, 1.807) is 18.2 Å². The highest BCUT2D eigenvalue weighted by Gasteiger charge is 2.32. The van der Waals surface area contributed by atoms with E-state index in [4.69, 9.17) is 27.9 Å². The van der Waals surface area contributed by atoms with E-state index < -0.39 is 11.9 Å². The summed E-state index contributed by atoms with van der Waals surface area (Å²) < 4.78 is 5.57. The van der Waals surface area contributed by atoms with Gasteiger partial charge in [0.05, 0.1) is 16.1 Å². The Balaban J connectivity index is 2.28. The van der Waals surface area contributed by atoms with Crippen LogP contribution in [0, 0.1) is 0 Å². The Bertz CT molecular complexity index is 442. The fraction of sp³-hybridized carbons (Fsp3) is 0.462. The third kappa shape index (κ3) is 2.97. The largest absolute Gasteiger partial charge is 0.481 e. The zero-order valence-electron chi connectivity index (χ0n) is 9.73. The van der Waals surface area contributed by atoms with Crippen LogP contribution in [0.15, 0.2) is 18.2 Å². The lowest BCUT2D eigenvalue weighted by molar-refractivity contribution is -0.144. The summed E-state index contributed by atoms with van der Waals surface area (Å²) in [6.45, 7) is 0.621. The van der Waals surface area contributed by atoms with Gasteiger partial charge in [0.15, 0.2) is 0 Å². The summed E-state index contributed by atoms with van der Waals surface area (Å²) in [5.74, 6) is -1.57. The van der Waals surface area contributed by atoms with Crippen LogP contribution in [0.5, 0.6) is 0 Å². The van der Waals surface area contributed by atoms with Crippen molar-refractivity contribution in [2.75, 3.05) is 6.61 Å². The van der Waals surface area contributed by atoms with E-state index in [0.717, 1.165) is 19.3 Å². The average molecular weight is 289 g/mol. The lowest BCUT2D eigenvalue weighted by Crippen LogP contribution is -2.31. The van der Waals surface area contributed by atoms with E-state index in [2.05, 4.69) is 0 Å². The van der Waals surface area contributed by atoms with Gasteiger partial charge in [0.2, 0.25) is 0 Å². The minimum absolute atomic E-state index is 0.284. The normalized spacial score (nSPS) is 21.6. The summed E-state index contributed by atoms with van der Waals surface area (Å²) in [5, 5.41) is 10.2. The highest BCUT2D eigenvalue weighted by Crippen LogP contribution is 2.32. The van der Waals surface area contributed by atoms with Gasteiger partial charge < -0.3 is 9.84 Å². The number of carboxylic acid groups (broad SMARTS) is 1. The van der Waals surface area contributed by atoms with Crippen molar-refractivity contribution in [1.29, 1.82) is 0 Å². The maximum absolute atomic E-state index is 11.4. The van der Waals surface area contributed by atoms with Crippen molar-refractivity contribution >= 4 is 29.2 Å². The number of hydrogen-bond acceptors (Lipinski definition) is 2. The average Bonchev–Trinajstić information content (AvgIpc) is 2.35. The van der Waals surface area contributed by atoms with Crippen LogP contribution in [-0.2, 0) is 9.53 Å². The van der Waals surface area contributed by atoms with Crippen molar-refractivity contribution in [3.8, 4) is 0 Å². The van der Waals surface area contributed by atoms with Gasteiger partial charge in [-0.3, -0.25) is 4.79 Å². The fourth-order valence-electron chi connectivity index (χ4n) is 2.25. The number of halogens is 2. The highest BCUT2D eigenvalue weighted by molar-refractivity contribution is 6.42. The van der Waals surface area contributed by atoms with Crippen LogP contribution >= 0.6 is 23.2 Å². The molecule has 3 nitrogen and oxygen atoms in total. The second-order valence-corrected chi connectivity index (χ2v) is 5.21. The Hall–Kier alpha value is -0.770. The molecule has 1 N–H and O–H groups in total. The molecular weight excluding hydrogens is 275 g/mol. The van der Waals surface area contributed by atoms with Crippen LogP contribution in [0.2, 0.25) is 10.0 Å². The SMILES string of the molecule is O=C(O)C(c1ccc(Cl)c(Cl)c1)[C@@H]1CCCCO1. The third-order valence-corrected chi connectivity index (χ3v) is 3.89. The molecule has 1 aliphatic heterocycles. The standard InChI is InChI=1S/C13H14Cl2O3/c14-9-5-4-8(7-10(9)15)12(13(16)17)11-3-1-2-6-18-11/h4-5,7,11-12H,1-3,6H2,(H,16,17)/t11-,12?/m0/s1. The van der Waals surface area contributed by atoms with Crippen LogP contribution in [0.3, 0.4) is 0 Å². The maximum atomic E-state index is 11.4. The summed E-state index contributed by atoms with van der Waals surface area (Å²) in [6, 6.07) is 4.93. The molecule has 2 rings (SSSR count). The number of hydrogen-bond donors (Lipinski definition) is 1. The van der Waals surface area contributed by atoms with Gasteiger partial charge in [-0.15, -0.1) is 0 Å². The van der Waals surface area contributed by atoms with Crippen LogP contribution in [0.25, 0.3) is 0 Å². The molecule has 0 bridgehead atoms. The first-order valence-electron chi connectivity index (χ1n) is 5.89. The summed E-state index contributed by atoms with van der Waals surface area (Å²) >= 11 is 11.8. The second-order valence-electron chi connectivity index (χ2n) is 4.39. The molecule has 0 aromatic heterocycles. The lowest BCUT2D eigenvalue weighted by atomic mass is 9.89. The maximum Gasteiger partial charge on any atom is 0.313 e. The zero-order chi connectivity index (χ0) is 13.1. The molecule has 5 heteroatoms. The predicted octanol–water partition coefficient (Wildman–Crippen LogP) is 3.73. The molecule has 0 aliphatic carbocycles. The first-order chi connectivity index (χ1) is 8.59. The molecule has 1 aliphatic rings. The van der Waals surface area contributed by atoms with Crippen molar-refractivity contribution in [2.24, 2.45) is 0 Å². The lowest BCUT2D eigenvalue weighted by Gasteiger charge is -2.28. The fourth-order valence-corrected chi connectivity index (χ4v) is 2.56. The highest BCUT2D eigenvalue weighted by atomic mass is 35.5. The Morgan fingerprint density at radius 1 is 1.33 bits per heavy atom. The molecule has 1 unspecified atom stereocenters. The minimum atomic E-state index is -0.889. The van der Waals surface area contributed by atoms with Gasteiger partial charge in [-0.2, -0.15) is 0 Å². The Labute approximate surface area is 116 Å². The number of aliphatic carboxylic acids is 1. The van der Waals surface area contributed by atoms with Crippen molar-refractivity contribution in [3.05, 3.63) is 33.8 Å². The number of ether oxygens (including phenoxy) is 1. The van der Waals surface area contributed by atoms with Crippen molar-refractivity contribution in [2.45, 2.75) is 31.3 Å². The van der Waals surface area contributed by atoms with Gasteiger partial charge in [-0.25, -0.2) is 0 Å². The minimum Gasteiger partial charge on any atom is -0.481 e. The number of benzene rings is 1. The Morgan fingerprint density at radius 3 is 2.67 bits per heavy atom. The van der Waals surface area contributed by atoms with E-state index in [1.165, 1.54) is 0 Å². The van der Waals surface area contributed by atoms with Crippen LogP contribution in [0.4, 0.5) is 0 Å². The molecule has 1 aromatic rings. The molecule has 1 saturated heterocycles. The summed E-state index contributed by atoms with van der Waals surface area (Å²) in [7, 11) is 0. The monoisotopic (exact) mass is 288 g/mol. The molecule has 0 radical (unpaired) electrons. The van der Waals surface area contributed by atoms with E-state index in [-0.39, 0.29) is 6.10 Å². The molecule has 1 heterocycles. The second kappa shape index (κ2) is 5.91. The van der Waals surface area contributed by atoms with Gasteiger partial charge >= 0.3 is 5.97 Å². The van der Waals surface area contributed by atoms with Crippen LogP contribution in [0.1, 0.15) is 30.7 Å². The van der Waals surface area contributed by atoms with Crippen molar-refractivity contribution < 1.29 is 14.6 Å². The molecule has 2 atom stereocenters. The van der Waals surface area contributed by atoms with E-state index >= 15 is 0 Å². The summed E-state index contributed by atoms with van der Waals surface area (Å²) in [4.78, 5) is 11.4. The number of rotatable bonds is 3. The molecule has 0 spiro atoms. The zero-order valence-corrected chi connectivity index (χ0v) is 11.2. The summed E-state index contributed by atoms with van der Waals surface area (Å²) in [6.07, 6.45) is 2.46. The van der Waals surface area contributed by atoms with Gasteiger partial charge in [0.25, 0.3) is 0 Å².